The molecule has 1 aliphatic carbocycles. The topological polar surface area (TPSA) is 18.5 Å². The molecule has 0 bridgehead atoms. The van der Waals surface area contributed by atoms with Gasteiger partial charge in [0.1, 0.15) is 0 Å². The maximum Gasteiger partial charge on any atom is 0.161 e. The van der Waals surface area contributed by atoms with Gasteiger partial charge in [0.05, 0.1) is 14.2 Å². The van der Waals surface area contributed by atoms with E-state index < -0.39 is 12.3 Å². The highest BCUT2D eigenvalue weighted by Gasteiger charge is 2.26. The van der Waals surface area contributed by atoms with Crippen molar-refractivity contribution in [1.82, 2.24) is 0 Å². The molecule has 0 radical (unpaired) electrons. The monoisotopic (exact) mass is 256 g/mol. The summed E-state index contributed by atoms with van der Waals surface area (Å²) >= 11 is 0. The lowest BCUT2D eigenvalue weighted by Crippen LogP contribution is -1.98. The van der Waals surface area contributed by atoms with Crippen molar-refractivity contribution in [1.29, 1.82) is 0 Å². The van der Waals surface area contributed by atoms with Gasteiger partial charge in [-0.2, -0.15) is 0 Å². The highest BCUT2D eigenvalue weighted by atomic mass is 16.5. The van der Waals surface area contributed by atoms with E-state index in [1.54, 1.807) is 14.2 Å². The second-order valence-corrected chi connectivity index (χ2v) is 4.55. The second kappa shape index (κ2) is 4.96. The second-order valence-electron chi connectivity index (χ2n) is 4.55. The summed E-state index contributed by atoms with van der Waals surface area (Å²) < 4.78 is 28.0. The summed E-state index contributed by atoms with van der Waals surface area (Å²) in [5.41, 5.74) is 2.67. The highest BCUT2D eigenvalue weighted by Crippen LogP contribution is 2.43. The molecule has 0 amide bonds. The fourth-order valence-electron chi connectivity index (χ4n) is 2.55. The Bertz CT molecular complexity index is 657. The van der Waals surface area contributed by atoms with Crippen LogP contribution in [0.3, 0.4) is 0 Å². The lowest BCUT2D eigenvalue weighted by molar-refractivity contribution is 0.354. The molecule has 0 heterocycles. The zero-order valence-corrected chi connectivity index (χ0v) is 11.1. The molecule has 98 valence electrons. The van der Waals surface area contributed by atoms with Gasteiger partial charge in [-0.15, -0.1) is 0 Å². The lowest BCUT2D eigenvalue weighted by atomic mass is 9.93. The molecule has 0 spiro atoms. The molecule has 0 saturated heterocycles. The largest absolute Gasteiger partial charge is 0.493 e. The Labute approximate surface area is 116 Å². The quantitative estimate of drug-likeness (QED) is 0.832. The molecule has 0 aliphatic heterocycles. The Morgan fingerprint density at radius 3 is 2.47 bits per heavy atom. The molecule has 0 fully saturated rings. The molecule has 0 aromatic heterocycles. The zero-order valence-electron chi connectivity index (χ0n) is 13.1. The van der Waals surface area contributed by atoms with Crippen LogP contribution in [0.4, 0.5) is 0 Å². The molecule has 2 aromatic rings. The van der Waals surface area contributed by atoms with Gasteiger partial charge in [0.15, 0.2) is 11.5 Å². The van der Waals surface area contributed by atoms with Gasteiger partial charge in [-0.05, 0) is 41.6 Å². The summed E-state index contributed by atoms with van der Waals surface area (Å²) in [4.78, 5) is 0. The van der Waals surface area contributed by atoms with Gasteiger partial charge >= 0.3 is 0 Å². The number of methoxy groups -OCH3 is 2. The molecule has 1 aliphatic rings. The number of hydrogen-bond acceptors (Lipinski definition) is 2. The molecule has 2 nitrogen and oxygen atoms in total. The molecule has 2 heteroatoms. The Morgan fingerprint density at radius 1 is 1.11 bits per heavy atom. The third-order valence-corrected chi connectivity index (χ3v) is 3.51. The molecule has 2 aromatic carbocycles. The smallest absolute Gasteiger partial charge is 0.161 e. The van der Waals surface area contributed by atoms with Crippen molar-refractivity contribution in [3.05, 3.63) is 59.2 Å². The summed E-state index contributed by atoms with van der Waals surface area (Å²) in [6, 6.07) is 13.3. The van der Waals surface area contributed by atoms with E-state index in [2.05, 4.69) is 0 Å². The fourth-order valence-corrected chi connectivity index (χ4v) is 2.55. The molecular formula is C17H18O2. The zero-order chi connectivity index (χ0) is 15.0. The molecule has 0 saturated carbocycles. The first-order valence-corrected chi connectivity index (χ1v) is 6.34. The maximum atomic E-state index is 8.92. The van der Waals surface area contributed by atoms with Crippen LogP contribution >= 0.6 is 0 Å². The van der Waals surface area contributed by atoms with Crippen LogP contribution in [0.5, 0.6) is 11.5 Å². The van der Waals surface area contributed by atoms with Gasteiger partial charge < -0.3 is 9.47 Å². The van der Waals surface area contributed by atoms with Crippen molar-refractivity contribution >= 4 is 0 Å². The highest BCUT2D eigenvalue weighted by molar-refractivity contribution is 5.52. The number of aryl methyl sites for hydroxylation is 1. The third kappa shape index (κ3) is 2.07. The Morgan fingerprint density at radius 2 is 1.79 bits per heavy atom. The first kappa shape index (κ1) is 9.90. The van der Waals surface area contributed by atoms with Crippen molar-refractivity contribution in [2.75, 3.05) is 14.2 Å². The van der Waals surface area contributed by atoms with E-state index in [1.165, 1.54) is 0 Å². The van der Waals surface area contributed by atoms with E-state index >= 15 is 0 Å². The summed E-state index contributed by atoms with van der Waals surface area (Å²) in [5, 5.41) is 0. The molecular weight excluding hydrogens is 236 g/mol. The predicted octanol–water partition coefficient (Wildman–Crippen LogP) is 3.78. The van der Waals surface area contributed by atoms with Gasteiger partial charge in [-0.1, -0.05) is 30.3 Å². The summed E-state index contributed by atoms with van der Waals surface area (Å²) in [7, 11) is 3.19. The maximum absolute atomic E-state index is 8.92. The van der Waals surface area contributed by atoms with E-state index in [-0.39, 0.29) is 0 Å². The predicted molar refractivity (Wildman–Crippen MR) is 76.2 cm³/mol. The van der Waals surface area contributed by atoms with Crippen LogP contribution in [-0.2, 0) is 6.42 Å². The molecule has 3 rings (SSSR count). The van der Waals surface area contributed by atoms with E-state index in [0.29, 0.717) is 17.9 Å². The van der Waals surface area contributed by atoms with Crippen molar-refractivity contribution in [3.8, 4) is 11.5 Å². The first-order valence-electron chi connectivity index (χ1n) is 7.42. The SMILES string of the molecule is [2H]C1Cc2cc(OC)c(OC)cc2C1([2H])c1ccccc1. The minimum atomic E-state index is -1.06. The van der Waals surface area contributed by atoms with Gasteiger partial charge in [0.2, 0.25) is 0 Å². The third-order valence-electron chi connectivity index (χ3n) is 3.51. The Kier molecular flexibility index (Phi) is 2.59. The van der Waals surface area contributed by atoms with Crippen molar-refractivity contribution in [3.63, 3.8) is 0 Å². The van der Waals surface area contributed by atoms with Crippen molar-refractivity contribution in [2.24, 2.45) is 0 Å². The number of benzene rings is 2. The minimum absolute atomic E-state index is 0.535. The Hall–Kier alpha value is -1.96. The molecule has 19 heavy (non-hydrogen) atoms. The summed E-state index contributed by atoms with van der Waals surface area (Å²) in [6.45, 7) is 0. The molecule has 0 N–H and O–H groups in total. The van der Waals surface area contributed by atoms with Crippen LogP contribution in [0.15, 0.2) is 42.5 Å². The van der Waals surface area contributed by atoms with E-state index in [4.69, 9.17) is 12.2 Å². The van der Waals surface area contributed by atoms with Crippen LogP contribution < -0.4 is 9.47 Å². The average Bonchev–Trinajstić information content (AvgIpc) is 2.78. The number of fused-ring (bicyclic) bond motifs is 1. The summed E-state index contributed by atoms with van der Waals surface area (Å²) in [6.07, 6.45) is 0.0142. The number of ether oxygens (including phenoxy) is 2. The van der Waals surface area contributed by atoms with Crippen LogP contribution in [0.25, 0.3) is 0 Å². The molecule has 2 atom stereocenters. The van der Waals surface area contributed by atoms with Gasteiger partial charge in [0, 0.05) is 8.64 Å². The van der Waals surface area contributed by atoms with Gasteiger partial charge in [-0.25, -0.2) is 0 Å². The lowest BCUT2D eigenvalue weighted by Gasteiger charge is -2.15. The van der Waals surface area contributed by atoms with Gasteiger partial charge in [-0.3, -0.25) is 0 Å². The Balaban J connectivity index is 2.19. The van der Waals surface area contributed by atoms with E-state index in [0.717, 1.165) is 16.7 Å². The van der Waals surface area contributed by atoms with Crippen LogP contribution in [0.2, 0.25) is 0 Å². The van der Waals surface area contributed by atoms with Crippen LogP contribution in [0.1, 0.15) is 31.7 Å². The number of rotatable bonds is 3. The van der Waals surface area contributed by atoms with E-state index in [9.17, 15) is 0 Å². The first-order chi connectivity index (χ1) is 10.1. The normalized spacial score (nSPS) is 26.3. The van der Waals surface area contributed by atoms with E-state index in [1.807, 2.05) is 42.5 Å². The average molecular weight is 256 g/mol. The van der Waals surface area contributed by atoms with Gasteiger partial charge in [0.25, 0.3) is 0 Å². The van der Waals surface area contributed by atoms with Crippen molar-refractivity contribution in [2.45, 2.75) is 18.7 Å². The number of hydrogen-bond donors (Lipinski definition) is 0. The van der Waals surface area contributed by atoms with Crippen molar-refractivity contribution < 1.29 is 12.2 Å². The fraction of sp³-hybridized carbons (Fsp3) is 0.294. The minimum Gasteiger partial charge on any atom is -0.493 e. The van der Waals surface area contributed by atoms with Crippen LogP contribution in [0, 0.1) is 0 Å². The summed E-state index contributed by atoms with van der Waals surface area (Å²) in [5.74, 6) is 0.203. The standard InChI is InChI=1S/C17H18O2/c1-18-16-10-13-8-9-14(12-6-4-3-5-7-12)15(13)11-17(16)19-2/h3-7,10-11,14H,8-9H2,1-2H3/i9D,14D. The van der Waals surface area contributed by atoms with Crippen LogP contribution in [-0.4, -0.2) is 14.2 Å². The molecule has 2 unspecified atom stereocenters.